The van der Waals surface area contributed by atoms with E-state index in [9.17, 15) is 4.79 Å². The molecule has 1 aromatic heterocycles. The van der Waals surface area contributed by atoms with Gasteiger partial charge in [0.15, 0.2) is 17.1 Å². The summed E-state index contributed by atoms with van der Waals surface area (Å²) in [5, 5.41) is 12.2. The zero-order chi connectivity index (χ0) is 22.4. The van der Waals surface area contributed by atoms with Gasteiger partial charge < -0.3 is 10.1 Å². The van der Waals surface area contributed by atoms with Crippen molar-refractivity contribution in [2.45, 2.75) is 38.6 Å². The van der Waals surface area contributed by atoms with Crippen molar-refractivity contribution in [2.75, 3.05) is 11.1 Å². The molecule has 6 nitrogen and oxygen atoms in total. The third kappa shape index (κ3) is 5.98. The molecule has 0 saturated heterocycles. The Morgan fingerprint density at radius 3 is 2.71 bits per heavy atom. The maximum atomic E-state index is 12.5. The van der Waals surface area contributed by atoms with Crippen LogP contribution in [0.4, 0.5) is 5.69 Å². The summed E-state index contributed by atoms with van der Waals surface area (Å²) in [5.74, 6) is 1.56. The third-order valence-electron chi connectivity index (χ3n) is 4.76. The lowest BCUT2D eigenvalue weighted by atomic mass is 10.1. The lowest BCUT2D eigenvalue weighted by molar-refractivity contribution is -0.113. The van der Waals surface area contributed by atoms with Gasteiger partial charge in [-0.25, -0.2) is 0 Å². The van der Waals surface area contributed by atoms with Crippen molar-refractivity contribution >= 4 is 39.3 Å². The Labute approximate surface area is 195 Å². The van der Waals surface area contributed by atoms with Crippen LogP contribution in [0.15, 0.2) is 64.7 Å². The van der Waals surface area contributed by atoms with E-state index in [0.717, 1.165) is 27.0 Å². The molecule has 3 aromatic rings. The highest BCUT2D eigenvalue weighted by Gasteiger charge is 2.20. The summed E-state index contributed by atoms with van der Waals surface area (Å²) in [5.41, 5.74) is 3.04. The molecule has 0 bridgehead atoms. The lowest BCUT2D eigenvalue weighted by Crippen LogP contribution is -2.16. The summed E-state index contributed by atoms with van der Waals surface area (Å²) in [7, 11) is 0. The van der Waals surface area contributed by atoms with Gasteiger partial charge in [0.25, 0.3) is 0 Å². The third-order valence-corrected chi connectivity index (χ3v) is 6.25. The molecule has 1 unspecified atom stereocenters. The molecule has 1 amide bonds. The molecule has 0 spiro atoms. The molecule has 0 radical (unpaired) electrons. The maximum absolute atomic E-state index is 12.5. The number of hydrogen-bond acceptors (Lipinski definition) is 5. The van der Waals surface area contributed by atoms with Crippen LogP contribution in [0.3, 0.4) is 0 Å². The fraction of sp³-hybridized carbons (Fsp3) is 0.261. The molecular formula is C23H25BrN4O2S. The van der Waals surface area contributed by atoms with Crippen molar-refractivity contribution < 1.29 is 9.53 Å². The molecule has 8 heteroatoms. The Morgan fingerprint density at radius 1 is 1.26 bits per heavy atom. The zero-order valence-electron chi connectivity index (χ0n) is 17.8. The van der Waals surface area contributed by atoms with Crippen LogP contribution in [0.25, 0.3) is 0 Å². The summed E-state index contributed by atoms with van der Waals surface area (Å²) >= 11 is 4.76. The van der Waals surface area contributed by atoms with E-state index in [4.69, 9.17) is 4.74 Å². The molecular weight excluding hydrogens is 476 g/mol. The van der Waals surface area contributed by atoms with Crippen molar-refractivity contribution in [2.24, 2.45) is 0 Å². The van der Waals surface area contributed by atoms with Gasteiger partial charge in [-0.1, -0.05) is 45.9 Å². The van der Waals surface area contributed by atoms with E-state index in [1.165, 1.54) is 11.8 Å². The van der Waals surface area contributed by atoms with Gasteiger partial charge >= 0.3 is 0 Å². The summed E-state index contributed by atoms with van der Waals surface area (Å²) in [6.45, 7) is 10.3. The second kappa shape index (κ2) is 10.6. The number of aromatic nitrogens is 3. The van der Waals surface area contributed by atoms with Crippen LogP contribution >= 0.6 is 27.7 Å². The van der Waals surface area contributed by atoms with Crippen LogP contribution in [0.5, 0.6) is 5.75 Å². The molecule has 0 fully saturated rings. The first-order valence-corrected chi connectivity index (χ1v) is 11.6. The fourth-order valence-electron chi connectivity index (χ4n) is 2.98. The Kier molecular flexibility index (Phi) is 7.92. The molecule has 162 valence electrons. The number of hydrogen-bond donors (Lipinski definition) is 1. The summed E-state index contributed by atoms with van der Waals surface area (Å²) in [6, 6.07) is 13.5. The van der Waals surface area contributed by atoms with Crippen LogP contribution in [-0.4, -0.2) is 26.4 Å². The standard InChI is InChI=1S/C23H25BrN4O2S/c1-5-13-28-22(17(4)30-19-11-9-18(24)10-12-19)26-27-23(28)31-14-21(29)25-20-8-6-7-15(2)16(20)3/h5-12,17H,1,13-14H2,2-4H3,(H,25,29). The van der Waals surface area contributed by atoms with Crippen LogP contribution in [-0.2, 0) is 11.3 Å². The molecule has 0 saturated carbocycles. The first-order valence-electron chi connectivity index (χ1n) is 9.84. The fourth-order valence-corrected chi connectivity index (χ4v) is 4.00. The van der Waals surface area contributed by atoms with Gasteiger partial charge in [-0.05, 0) is 62.2 Å². The summed E-state index contributed by atoms with van der Waals surface area (Å²) < 4.78 is 8.93. The highest BCUT2D eigenvalue weighted by Crippen LogP contribution is 2.26. The van der Waals surface area contributed by atoms with E-state index in [-0.39, 0.29) is 17.8 Å². The van der Waals surface area contributed by atoms with Crippen molar-refractivity contribution in [3.05, 3.63) is 76.5 Å². The maximum Gasteiger partial charge on any atom is 0.234 e. The van der Waals surface area contributed by atoms with Gasteiger partial charge in [0.1, 0.15) is 5.75 Å². The normalized spacial score (nSPS) is 11.7. The quantitative estimate of drug-likeness (QED) is 0.300. The van der Waals surface area contributed by atoms with Crippen LogP contribution < -0.4 is 10.1 Å². The number of rotatable bonds is 9. The van der Waals surface area contributed by atoms with Crippen molar-refractivity contribution in [1.29, 1.82) is 0 Å². The Balaban J connectivity index is 1.68. The second-order valence-electron chi connectivity index (χ2n) is 7.04. The van der Waals surface area contributed by atoms with E-state index in [2.05, 4.69) is 38.0 Å². The minimum absolute atomic E-state index is 0.0902. The summed E-state index contributed by atoms with van der Waals surface area (Å²) in [6.07, 6.45) is 1.46. The molecule has 0 aliphatic heterocycles. The topological polar surface area (TPSA) is 69.0 Å². The Bertz CT molecular complexity index is 1070. The van der Waals surface area contributed by atoms with Crippen molar-refractivity contribution in [1.82, 2.24) is 14.8 Å². The van der Waals surface area contributed by atoms with E-state index < -0.39 is 0 Å². The van der Waals surface area contributed by atoms with Gasteiger partial charge in [-0.2, -0.15) is 0 Å². The smallest absolute Gasteiger partial charge is 0.234 e. The number of carbonyl (C=O) groups is 1. The summed E-state index contributed by atoms with van der Waals surface area (Å²) in [4.78, 5) is 12.5. The van der Waals surface area contributed by atoms with Gasteiger partial charge in [0, 0.05) is 16.7 Å². The predicted octanol–water partition coefficient (Wildman–Crippen LogP) is 5.71. The largest absolute Gasteiger partial charge is 0.483 e. The van der Waals surface area contributed by atoms with Gasteiger partial charge in [-0.15, -0.1) is 16.8 Å². The molecule has 0 aliphatic rings. The van der Waals surface area contributed by atoms with Crippen LogP contribution in [0.2, 0.25) is 0 Å². The molecule has 2 aromatic carbocycles. The molecule has 31 heavy (non-hydrogen) atoms. The number of ether oxygens (including phenoxy) is 1. The molecule has 1 heterocycles. The molecule has 3 rings (SSSR count). The average molecular weight is 501 g/mol. The average Bonchev–Trinajstić information content (AvgIpc) is 3.14. The monoisotopic (exact) mass is 500 g/mol. The number of nitrogens with zero attached hydrogens (tertiary/aromatic N) is 3. The van der Waals surface area contributed by atoms with Crippen LogP contribution in [0.1, 0.15) is 30.0 Å². The Hall–Kier alpha value is -2.58. The first-order chi connectivity index (χ1) is 14.9. The minimum Gasteiger partial charge on any atom is -0.483 e. The number of carbonyl (C=O) groups excluding carboxylic acids is 1. The van der Waals surface area contributed by atoms with Gasteiger partial charge in [-0.3, -0.25) is 9.36 Å². The number of aryl methyl sites for hydroxylation is 1. The van der Waals surface area contributed by atoms with Crippen molar-refractivity contribution in [3.8, 4) is 5.75 Å². The number of halogens is 1. The van der Waals surface area contributed by atoms with E-state index in [1.807, 2.05) is 67.8 Å². The van der Waals surface area contributed by atoms with E-state index in [0.29, 0.717) is 17.5 Å². The number of allylic oxidation sites excluding steroid dienone is 1. The predicted molar refractivity (Wildman–Crippen MR) is 129 cm³/mol. The highest BCUT2D eigenvalue weighted by atomic mass is 79.9. The van der Waals surface area contributed by atoms with Gasteiger partial charge in [0.05, 0.1) is 5.75 Å². The highest BCUT2D eigenvalue weighted by molar-refractivity contribution is 9.10. The first kappa shape index (κ1) is 23.1. The van der Waals surface area contributed by atoms with Crippen LogP contribution in [0, 0.1) is 13.8 Å². The van der Waals surface area contributed by atoms with Gasteiger partial charge in [0.2, 0.25) is 5.91 Å². The number of anilines is 1. The van der Waals surface area contributed by atoms with E-state index >= 15 is 0 Å². The zero-order valence-corrected chi connectivity index (χ0v) is 20.2. The molecule has 1 N–H and O–H groups in total. The lowest BCUT2D eigenvalue weighted by Gasteiger charge is -2.16. The second-order valence-corrected chi connectivity index (χ2v) is 8.90. The number of benzene rings is 2. The van der Waals surface area contributed by atoms with Crippen molar-refractivity contribution in [3.63, 3.8) is 0 Å². The van der Waals surface area contributed by atoms with E-state index in [1.54, 1.807) is 6.08 Å². The minimum atomic E-state index is -0.313. The molecule has 0 aliphatic carbocycles. The molecule has 1 atom stereocenters. The Morgan fingerprint density at radius 2 is 2.00 bits per heavy atom. The number of amides is 1. The number of thioether (sulfide) groups is 1. The number of nitrogens with one attached hydrogen (secondary N) is 1. The SMILES string of the molecule is C=CCn1c(SCC(=O)Nc2cccc(C)c2C)nnc1C(C)Oc1ccc(Br)cc1.